The van der Waals surface area contributed by atoms with E-state index in [1.807, 2.05) is 6.07 Å². The Kier molecular flexibility index (Phi) is 5.54. The molecular weight excluding hydrogens is 341 g/mol. The van der Waals surface area contributed by atoms with Gasteiger partial charge >= 0.3 is 0 Å². The number of aromatic nitrogens is 2. The molecule has 6 heteroatoms. The van der Waals surface area contributed by atoms with Crippen molar-refractivity contribution in [2.75, 3.05) is 4.90 Å². The lowest BCUT2D eigenvalue weighted by Gasteiger charge is -2.26. The third-order valence-corrected chi connectivity index (χ3v) is 4.47. The molecule has 0 spiro atoms. The maximum Gasteiger partial charge on any atom is 0.159 e. The van der Waals surface area contributed by atoms with Crippen LogP contribution in [0.25, 0.3) is 5.70 Å². The summed E-state index contributed by atoms with van der Waals surface area (Å²) in [7, 11) is 0. The van der Waals surface area contributed by atoms with Gasteiger partial charge in [-0.1, -0.05) is 37.3 Å². The van der Waals surface area contributed by atoms with Crippen molar-refractivity contribution < 1.29 is 4.39 Å². The fraction of sp³-hybridized carbons (Fsp3) is 0.238. The molecule has 0 radical (unpaired) electrons. The highest BCUT2D eigenvalue weighted by Crippen LogP contribution is 2.44. The number of hydrogen-bond acceptors (Lipinski definition) is 5. The summed E-state index contributed by atoms with van der Waals surface area (Å²) in [5.41, 5.74) is 4.57. The monoisotopic (exact) mass is 363 g/mol. The van der Waals surface area contributed by atoms with Gasteiger partial charge < -0.3 is 4.90 Å². The van der Waals surface area contributed by atoms with Crippen LogP contribution in [0.5, 0.6) is 0 Å². The largest absolute Gasteiger partial charge is 0.319 e. The number of nitrogens with zero attached hydrogens (tertiary/aromatic N) is 5. The van der Waals surface area contributed by atoms with Crippen LogP contribution >= 0.6 is 0 Å². The molecule has 0 saturated carbocycles. The maximum atomic E-state index is 13.3. The van der Waals surface area contributed by atoms with Crippen molar-refractivity contribution in [2.45, 2.75) is 32.9 Å². The summed E-state index contributed by atoms with van der Waals surface area (Å²) in [6.07, 6.45) is 4.71. The first-order valence-corrected chi connectivity index (χ1v) is 8.77. The van der Waals surface area contributed by atoms with E-state index in [2.05, 4.69) is 70.2 Å². The summed E-state index contributed by atoms with van der Waals surface area (Å²) >= 11 is 0. The SMILES string of the molecule is C=N/C=C(/F)C=NCc1nccc(N2C(=C)c3ccc(C)cc3C2CC)n1. The van der Waals surface area contributed by atoms with Gasteiger partial charge in [0.05, 0.1) is 25.0 Å². The van der Waals surface area contributed by atoms with Crippen LogP contribution in [0.15, 0.2) is 59.1 Å². The van der Waals surface area contributed by atoms with Gasteiger partial charge in [-0.05, 0) is 31.7 Å². The Hall–Kier alpha value is -3.15. The van der Waals surface area contributed by atoms with Crippen LogP contribution in [-0.2, 0) is 6.54 Å². The van der Waals surface area contributed by atoms with Crippen molar-refractivity contribution in [1.82, 2.24) is 9.97 Å². The number of benzene rings is 1. The lowest BCUT2D eigenvalue weighted by molar-refractivity contribution is 0.681. The van der Waals surface area contributed by atoms with Gasteiger partial charge in [0.15, 0.2) is 11.7 Å². The van der Waals surface area contributed by atoms with Gasteiger partial charge in [0.1, 0.15) is 5.82 Å². The Balaban J connectivity index is 1.87. The highest BCUT2D eigenvalue weighted by molar-refractivity contribution is 5.84. The minimum Gasteiger partial charge on any atom is -0.319 e. The Morgan fingerprint density at radius 2 is 2.19 bits per heavy atom. The van der Waals surface area contributed by atoms with E-state index in [1.54, 1.807) is 6.20 Å². The molecule has 1 aliphatic rings. The van der Waals surface area contributed by atoms with Gasteiger partial charge in [0.2, 0.25) is 0 Å². The quantitative estimate of drug-likeness (QED) is 0.692. The highest BCUT2D eigenvalue weighted by Gasteiger charge is 2.33. The van der Waals surface area contributed by atoms with Gasteiger partial charge in [-0.3, -0.25) is 9.98 Å². The average Bonchev–Trinajstić information content (AvgIpc) is 2.93. The summed E-state index contributed by atoms with van der Waals surface area (Å²) in [5, 5.41) is 0. The number of fused-ring (bicyclic) bond motifs is 1. The third-order valence-electron chi connectivity index (χ3n) is 4.47. The fourth-order valence-electron chi connectivity index (χ4n) is 3.31. The molecule has 0 fully saturated rings. The number of rotatable bonds is 6. The van der Waals surface area contributed by atoms with Gasteiger partial charge in [0.25, 0.3) is 0 Å². The maximum absolute atomic E-state index is 13.3. The zero-order valence-corrected chi connectivity index (χ0v) is 15.6. The molecule has 2 aromatic rings. The number of aliphatic imine (C=N–C) groups is 2. The molecule has 1 unspecified atom stereocenters. The lowest BCUT2D eigenvalue weighted by Crippen LogP contribution is -2.21. The van der Waals surface area contributed by atoms with Crippen molar-refractivity contribution >= 4 is 24.4 Å². The Morgan fingerprint density at radius 3 is 2.93 bits per heavy atom. The second-order valence-corrected chi connectivity index (χ2v) is 6.33. The zero-order valence-electron chi connectivity index (χ0n) is 15.6. The Bertz CT molecular complexity index is 932. The van der Waals surface area contributed by atoms with Crippen molar-refractivity contribution in [1.29, 1.82) is 0 Å². The molecule has 27 heavy (non-hydrogen) atoms. The zero-order chi connectivity index (χ0) is 19.4. The van der Waals surface area contributed by atoms with Crippen LogP contribution in [0.1, 0.15) is 41.9 Å². The van der Waals surface area contributed by atoms with E-state index in [1.165, 1.54) is 11.1 Å². The molecule has 0 amide bonds. The molecule has 5 nitrogen and oxygen atoms in total. The molecule has 1 aromatic carbocycles. The number of aryl methyl sites for hydroxylation is 1. The van der Waals surface area contributed by atoms with Crippen LogP contribution in [-0.4, -0.2) is 22.9 Å². The van der Waals surface area contributed by atoms with Gasteiger partial charge in [-0.15, -0.1) is 0 Å². The molecule has 1 atom stereocenters. The van der Waals surface area contributed by atoms with Crippen LogP contribution in [0.3, 0.4) is 0 Å². The smallest absolute Gasteiger partial charge is 0.159 e. The van der Waals surface area contributed by atoms with Gasteiger partial charge in [0, 0.05) is 17.5 Å². The third kappa shape index (κ3) is 3.84. The second kappa shape index (κ2) is 8.03. The highest BCUT2D eigenvalue weighted by atomic mass is 19.1. The van der Waals surface area contributed by atoms with E-state index >= 15 is 0 Å². The molecule has 2 heterocycles. The van der Waals surface area contributed by atoms with Gasteiger partial charge in [-0.2, -0.15) is 0 Å². The number of halogens is 1. The standard InChI is InChI=1S/C21H22FN5/c1-5-19-18-10-14(2)6-7-17(18)15(3)27(19)21-8-9-25-20(26-21)13-24-12-16(22)11-23-4/h6-12,19H,3-5,13H2,1-2H3/b16-11+,24-12?. The molecule has 3 rings (SSSR count). The van der Waals surface area contributed by atoms with E-state index in [9.17, 15) is 4.39 Å². The van der Waals surface area contributed by atoms with E-state index in [4.69, 9.17) is 0 Å². The summed E-state index contributed by atoms with van der Waals surface area (Å²) < 4.78 is 13.3. The molecule has 1 aromatic heterocycles. The van der Waals surface area contributed by atoms with Crippen LogP contribution in [0.4, 0.5) is 10.2 Å². The first kappa shape index (κ1) is 18.6. The van der Waals surface area contributed by atoms with E-state index in [0.29, 0.717) is 5.82 Å². The van der Waals surface area contributed by atoms with Crippen LogP contribution in [0, 0.1) is 6.92 Å². The van der Waals surface area contributed by atoms with Crippen LogP contribution < -0.4 is 4.90 Å². The number of anilines is 1. The van der Waals surface area contributed by atoms with E-state index in [0.717, 1.165) is 35.9 Å². The second-order valence-electron chi connectivity index (χ2n) is 6.33. The minimum atomic E-state index is -0.564. The van der Waals surface area contributed by atoms with E-state index in [-0.39, 0.29) is 12.6 Å². The Morgan fingerprint density at radius 1 is 1.37 bits per heavy atom. The molecule has 0 bridgehead atoms. The molecule has 0 aliphatic carbocycles. The number of hydrogen-bond donors (Lipinski definition) is 0. The predicted octanol–water partition coefficient (Wildman–Crippen LogP) is 4.81. The summed E-state index contributed by atoms with van der Waals surface area (Å²) in [5.74, 6) is 0.716. The molecule has 1 aliphatic heterocycles. The summed E-state index contributed by atoms with van der Waals surface area (Å²) in [6, 6.07) is 8.47. The molecule has 0 saturated heterocycles. The predicted molar refractivity (Wildman–Crippen MR) is 109 cm³/mol. The summed E-state index contributed by atoms with van der Waals surface area (Å²) in [6.45, 7) is 11.9. The molecular formula is C21H22FN5. The lowest BCUT2D eigenvalue weighted by atomic mass is 10.00. The van der Waals surface area contributed by atoms with Crippen molar-refractivity contribution in [2.24, 2.45) is 9.98 Å². The normalized spacial score (nSPS) is 16.9. The van der Waals surface area contributed by atoms with Crippen molar-refractivity contribution in [3.63, 3.8) is 0 Å². The van der Waals surface area contributed by atoms with Crippen molar-refractivity contribution in [3.8, 4) is 0 Å². The van der Waals surface area contributed by atoms with Crippen LogP contribution in [0.2, 0.25) is 0 Å². The number of allylic oxidation sites excluding steroid dienone is 1. The topological polar surface area (TPSA) is 53.7 Å². The van der Waals surface area contributed by atoms with Crippen molar-refractivity contribution in [3.05, 3.63) is 71.6 Å². The Labute approximate surface area is 158 Å². The first-order chi connectivity index (χ1) is 13.0. The minimum absolute atomic E-state index is 0.176. The van der Waals surface area contributed by atoms with Gasteiger partial charge in [-0.25, -0.2) is 14.4 Å². The molecule has 138 valence electrons. The summed E-state index contributed by atoms with van der Waals surface area (Å²) in [4.78, 5) is 18.4. The fourth-order valence-corrected chi connectivity index (χ4v) is 3.31. The van der Waals surface area contributed by atoms with E-state index < -0.39 is 5.83 Å². The molecule has 0 N–H and O–H groups in total. The average molecular weight is 363 g/mol. The first-order valence-electron chi connectivity index (χ1n) is 8.77.